The van der Waals surface area contributed by atoms with Gasteiger partial charge in [0.15, 0.2) is 10.5 Å². The molecule has 0 spiro atoms. The molecule has 0 amide bonds. The lowest BCUT2D eigenvalue weighted by atomic mass is 10.3. The molecule has 0 fully saturated rings. The van der Waals surface area contributed by atoms with E-state index < -0.39 is 0 Å². The van der Waals surface area contributed by atoms with Crippen molar-refractivity contribution in [2.24, 2.45) is 0 Å². The van der Waals surface area contributed by atoms with Crippen LogP contribution in [0.1, 0.15) is 19.7 Å². The fourth-order valence-corrected chi connectivity index (χ4v) is 1.59. The SMILES string of the molecule is CC(C)NCc1noc(-c2ccoc2Br)n1. The Morgan fingerprint density at radius 1 is 1.50 bits per heavy atom. The van der Waals surface area contributed by atoms with Crippen molar-refractivity contribution in [3.8, 4) is 11.5 Å². The van der Waals surface area contributed by atoms with Crippen molar-refractivity contribution in [1.29, 1.82) is 0 Å². The second-order valence-electron chi connectivity index (χ2n) is 3.66. The summed E-state index contributed by atoms with van der Waals surface area (Å²) in [6.45, 7) is 4.72. The molecule has 86 valence electrons. The molecule has 0 atom stereocenters. The number of halogens is 1. The van der Waals surface area contributed by atoms with Crippen LogP contribution in [0.3, 0.4) is 0 Å². The summed E-state index contributed by atoms with van der Waals surface area (Å²) in [5.41, 5.74) is 0.767. The lowest BCUT2D eigenvalue weighted by Crippen LogP contribution is -2.22. The fourth-order valence-electron chi connectivity index (χ4n) is 1.18. The van der Waals surface area contributed by atoms with Gasteiger partial charge in [0.05, 0.1) is 18.4 Å². The third kappa shape index (κ3) is 2.51. The molecule has 2 aromatic heterocycles. The summed E-state index contributed by atoms with van der Waals surface area (Å²) in [4.78, 5) is 4.26. The summed E-state index contributed by atoms with van der Waals surface area (Å²) >= 11 is 3.26. The molecule has 0 aliphatic rings. The van der Waals surface area contributed by atoms with Crippen molar-refractivity contribution < 1.29 is 8.94 Å². The predicted octanol–water partition coefficient (Wildman–Crippen LogP) is 2.59. The van der Waals surface area contributed by atoms with E-state index in [2.05, 4.69) is 45.2 Å². The van der Waals surface area contributed by atoms with E-state index in [4.69, 9.17) is 8.94 Å². The molecule has 2 rings (SSSR count). The Kier molecular flexibility index (Phi) is 3.40. The smallest absolute Gasteiger partial charge is 0.262 e. The molecule has 0 aliphatic heterocycles. The third-order valence-electron chi connectivity index (χ3n) is 1.98. The minimum Gasteiger partial charge on any atom is -0.457 e. The maximum absolute atomic E-state index is 5.13. The highest BCUT2D eigenvalue weighted by Crippen LogP contribution is 2.27. The molecule has 2 aromatic rings. The molecule has 0 saturated carbocycles. The molecule has 0 unspecified atom stereocenters. The molecule has 0 radical (unpaired) electrons. The number of furan rings is 1. The topological polar surface area (TPSA) is 64.1 Å². The van der Waals surface area contributed by atoms with Gasteiger partial charge in [-0.15, -0.1) is 0 Å². The van der Waals surface area contributed by atoms with Gasteiger partial charge in [-0.05, 0) is 22.0 Å². The van der Waals surface area contributed by atoms with Gasteiger partial charge in [-0.1, -0.05) is 19.0 Å². The number of aromatic nitrogens is 2. The van der Waals surface area contributed by atoms with Crippen LogP contribution in [0.15, 0.2) is 25.9 Å². The number of rotatable bonds is 4. The summed E-state index contributed by atoms with van der Waals surface area (Å²) in [5.74, 6) is 1.10. The van der Waals surface area contributed by atoms with Crippen LogP contribution in [0.2, 0.25) is 0 Å². The summed E-state index contributed by atoms with van der Waals surface area (Å²) < 4.78 is 10.8. The molecule has 6 heteroatoms. The third-order valence-corrected chi connectivity index (χ3v) is 2.60. The zero-order chi connectivity index (χ0) is 11.5. The van der Waals surface area contributed by atoms with Gasteiger partial charge >= 0.3 is 0 Å². The minimum atomic E-state index is 0.391. The first-order valence-electron chi connectivity index (χ1n) is 4.96. The van der Waals surface area contributed by atoms with Gasteiger partial charge in [-0.25, -0.2) is 0 Å². The highest BCUT2D eigenvalue weighted by molar-refractivity contribution is 9.10. The maximum atomic E-state index is 5.13. The molecule has 5 nitrogen and oxygen atoms in total. The number of nitrogens with zero attached hydrogens (tertiary/aromatic N) is 2. The minimum absolute atomic E-state index is 0.391. The fraction of sp³-hybridized carbons (Fsp3) is 0.400. The number of hydrogen-bond donors (Lipinski definition) is 1. The monoisotopic (exact) mass is 285 g/mol. The molecule has 2 heterocycles. The van der Waals surface area contributed by atoms with Crippen molar-refractivity contribution in [3.63, 3.8) is 0 Å². The van der Waals surface area contributed by atoms with Gasteiger partial charge in [0.2, 0.25) is 0 Å². The average Bonchev–Trinajstić information content (AvgIpc) is 2.83. The zero-order valence-electron chi connectivity index (χ0n) is 9.03. The van der Waals surface area contributed by atoms with Crippen LogP contribution >= 0.6 is 15.9 Å². The van der Waals surface area contributed by atoms with Crippen molar-refractivity contribution in [2.75, 3.05) is 0 Å². The standard InChI is InChI=1S/C10H12BrN3O2/c1-6(2)12-5-8-13-10(16-14-8)7-3-4-15-9(7)11/h3-4,6,12H,5H2,1-2H3. The highest BCUT2D eigenvalue weighted by Gasteiger charge is 2.13. The van der Waals surface area contributed by atoms with Crippen LogP contribution in [0.25, 0.3) is 11.5 Å². The van der Waals surface area contributed by atoms with Crippen LogP contribution in [0.4, 0.5) is 0 Å². The van der Waals surface area contributed by atoms with E-state index in [0.29, 0.717) is 29.0 Å². The summed E-state index contributed by atoms with van der Waals surface area (Å²) in [5, 5.41) is 7.09. The van der Waals surface area contributed by atoms with Crippen LogP contribution in [-0.2, 0) is 6.54 Å². The number of nitrogens with one attached hydrogen (secondary N) is 1. The normalized spacial score (nSPS) is 11.2. The largest absolute Gasteiger partial charge is 0.457 e. The molecule has 0 saturated heterocycles. The second-order valence-corrected chi connectivity index (χ2v) is 4.38. The Balaban J connectivity index is 2.11. The van der Waals surface area contributed by atoms with Crippen molar-refractivity contribution in [1.82, 2.24) is 15.5 Å². The average molecular weight is 286 g/mol. The first-order chi connectivity index (χ1) is 7.66. The van der Waals surface area contributed by atoms with E-state index in [0.717, 1.165) is 5.56 Å². The quantitative estimate of drug-likeness (QED) is 0.935. The van der Waals surface area contributed by atoms with Crippen LogP contribution in [-0.4, -0.2) is 16.2 Å². The van der Waals surface area contributed by atoms with E-state index in [1.165, 1.54) is 0 Å². The van der Waals surface area contributed by atoms with E-state index in [9.17, 15) is 0 Å². The van der Waals surface area contributed by atoms with Crippen LogP contribution < -0.4 is 5.32 Å². The Labute approximate surface area is 101 Å². The maximum Gasteiger partial charge on any atom is 0.262 e. The van der Waals surface area contributed by atoms with Gasteiger partial charge < -0.3 is 14.3 Å². The summed E-state index contributed by atoms with van der Waals surface area (Å²) in [7, 11) is 0. The number of hydrogen-bond acceptors (Lipinski definition) is 5. The molecular weight excluding hydrogens is 274 g/mol. The predicted molar refractivity (Wildman–Crippen MR) is 61.7 cm³/mol. The lowest BCUT2D eigenvalue weighted by Gasteiger charge is -2.02. The Morgan fingerprint density at radius 2 is 2.31 bits per heavy atom. The van der Waals surface area contributed by atoms with Crippen molar-refractivity contribution in [2.45, 2.75) is 26.4 Å². The lowest BCUT2D eigenvalue weighted by molar-refractivity contribution is 0.416. The Morgan fingerprint density at radius 3 is 2.94 bits per heavy atom. The van der Waals surface area contributed by atoms with Gasteiger partial charge in [-0.3, -0.25) is 0 Å². The summed E-state index contributed by atoms with van der Waals surface area (Å²) in [6.07, 6.45) is 1.57. The first-order valence-corrected chi connectivity index (χ1v) is 5.75. The highest BCUT2D eigenvalue weighted by atomic mass is 79.9. The van der Waals surface area contributed by atoms with Gasteiger partial charge in [-0.2, -0.15) is 4.98 Å². The Hall–Kier alpha value is -1.14. The van der Waals surface area contributed by atoms with Crippen molar-refractivity contribution in [3.05, 3.63) is 22.8 Å². The summed E-state index contributed by atoms with van der Waals surface area (Å²) in [6, 6.07) is 2.17. The van der Waals surface area contributed by atoms with E-state index >= 15 is 0 Å². The molecule has 0 bridgehead atoms. The van der Waals surface area contributed by atoms with Gasteiger partial charge in [0.1, 0.15) is 0 Å². The molecule has 1 N–H and O–H groups in total. The molecule has 16 heavy (non-hydrogen) atoms. The first kappa shape index (κ1) is 11.3. The van der Waals surface area contributed by atoms with Gasteiger partial charge in [0.25, 0.3) is 5.89 Å². The van der Waals surface area contributed by atoms with Gasteiger partial charge in [0, 0.05) is 6.04 Å². The Bertz CT molecular complexity index is 464. The van der Waals surface area contributed by atoms with E-state index in [1.807, 2.05) is 0 Å². The molecular formula is C10H12BrN3O2. The molecule has 0 aromatic carbocycles. The van der Waals surface area contributed by atoms with E-state index in [-0.39, 0.29) is 0 Å². The zero-order valence-corrected chi connectivity index (χ0v) is 10.6. The van der Waals surface area contributed by atoms with Crippen molar-refractivity contribution >= 4 is 15.9 Å². The van der Waals surface area contributed by atoms with Crippen LogP contribution in [0, 0.1) is 0 Å². The van der Waals surface area contributed by atoms with Crippen LogP contribution in [0.5, 0.6) is 0 Å². The molecule has 0 aliphatic carbocycles. The van der Waals surface area contributed by atoms with E-state index in [1.54, 1.807) is 12.3 Å². The second kappa shape index (κ2) is 4.80.